The summed E-state index contributed by atoms with van der Waals surface area (Å²) >= 11 is 0. The number of esters is 1. The average Bonchev–Trinajstić information content (AvgIpc) is 2.62. The summed E-state index contributed by atoms with van der Waals surface area (Å²) in [6, 6.07) is 14.1. The van der Waals surface area contributed by atoms with Gasteiger partial charge in [-0.25, -0.2) is 4.79 Å². The highest BCUT2D eigenvalue weighted by atomic mass is 16.5. The number of hydrogen-bond donors (Lipinski definition) is 1. The first-order valence-electron chi connectivity index (χ1n) is 8.55. The Morgan fingerprint density at radius 3 is 2.72 bits per heavy atom. The molecule has 0 amide bonds. The van der Waals surface area contributed by atoms with E-state index in [1.165, 1.54) is 5.56 Å². The van der Waals surface area contributed by atoms with E-state index in [9.17, 15) is 4.79 Å². The molecule has 0 fully saturated rings. The third-order valence-corrected chi connectivity index (χ3v) is 4.18. The number of para-hydroxylation sites is 1. The summed E-state index contributed by atoms with van der Waals surface area (Å²) in [4.78, 5) is 16.9. The number of nitrogens with one attached hydrogen (secondary N) is 1. The second kappa shape index (κ2) is 7.34. The van der Waals surface area contributed by atoms with Gasteiger partial charge < -0.3 is 10.1 Å². The first-order chi connectivity index (χ1) is 12.1. The van der Waals surface area contributed by atoms with Crippen molar-refractivity contribution in [3.63, 3.8) is 0 Å². The maximum Gasteiger partial charge on any atom is 0.341 e. The minimum Gasteiger partial charge on any atom is -0.462 e. The molecular weight excluding hydrogens is 312 g/mol. The zero-order valence-corrected chi connectivity index (χ0v) is 14.8. The van der Waals surface area contributed by atoms with Crippen molar-refractivity contribution < 1.29 is 9.53 Å². The Morgan fingerprint density at radius 1 is 1.16 bits per heavy atom. The van der Waals surface area contributed by atoms with Crippen LogP contribution >= 0.6 is 0 Å². The minimum absolute atomic E-state index is 0.329. The molecule has 0 bridgehead atoms. The molecule has 0 saturated heterocycles. The topological polar surface area (TPSA) is 51.2 Å². The third kappa shape index (κ3) is 3.48. The lowest BCUT2D eigenvalue weighted by Crippen LogP contribution is -2.10. The van der Waals surface area contributed by atoms with E-state index >= 15 is 0 Å². The van der Waals surface area contributed by atoms with Crippen molar-refractivity contribution in [3.8, 4) is 0 Å². The van der Waals surface area contributed by atoms with Crippen molar-refractivity contribution >= 4 is 28.2 Å². The number of carbonyl (C=O) groups excluding carboxylic acids is 1. The van der Waals surface area contributed by atoms with E-state index < -0.39 is 0 Å². The molecule has 1 N–H and O–H groups in total. The fourth-order valence-corrected chi connectivity index (χ4v) is 2.89. The molecular formula is C21H22N2O2. The van der Waals surface area contributed by atoms with E-state index in [0.29, 0.717) is 12.2 Å². The van der Waals surface area contributed by atoms with Crippen molar-refractivity contribution in [3.05, 3.63) is 65.4 Å². The summed E-state index contributed by atoms with van der Waals surface area (Å²) in [6.07, 6.45) is 2.49. The smallest absolute Gasteiger partial charge is 0.341 e. The van der Waals surface area contributed by atoms with Gasteiger partial charge in [0.2, 0.25) is 0 Å². The Labute approximate surface area is 147 Å². The highest BCUT2D eigenvalue weighted by molar-refractivity contribution is 6.06. The Balaban J connectivity index is 2.19. The summed E-state index contributed by atoms with van der Waals surface area (Å²) in [5, 5.41) is 4.37. The van der Waals surface area contributed by atoms with Crippen molar-refractivity contribution in [2.75, 3.05) is 11.9 Å². The van der Waals surface area contributed by atoms with Crippen LogP contribution < -0.4 is 5.32 Å². The van der Waals surface area contributed by atoms with Gasteiger partial charge in [-0.1, -0.05) is 36.8 Å². The Kier molecular flexibility index (Phi) is 4.98. The molecule has 25 heavy (non-hydrogen) atoms. The standard InChI is InChI=1S/C21H22N2O2/c1-4-15-8-6-7-9-18(15)23-20-16-12-14(3)10-11-19(16)22-13-17(20)21(24)25-5-2/h6-13H,4-5H2,1-3H3,(H,22,23). The monoisotopic (exact) mass is 334 g/mol. The first-order valence-corrected chi connectivity index (χ1v) is 8.55. The summed E-state index contributed by atoms with van der Waals surface area (Å²) < 4.78 is 5.22. The van der Waals surface area contributed by atoms with Gasteiger partial charge in [-0.05, 0) is 44.0 Å². The van der Waals surface area contributed by atoms with Crippen LogP contribution in [0.2, 0.25) is 0 Å². The highest BCUT2D eigenvalue weighted by Gasteiger charge is 2.17. The maximum atomic E-state index is 12.4. The third-order valence-electron chi connectivity index (χ3n) is 4.18. The molecule has 0 radical (unpaired) electrons. The van der Waals surface area contributed by atoms with Gasteiger partial charge >= 0.3 is 5.97 Å². The molecule has 4 nitrogen and oxygen atoms in total. The fraction of sp³-hybridized carbons (Fsp3) is 0.238. The minimum atomic E-state index is -0.366. The lowest BCUT2D eigenvalue weighted by Gasteiger charge is -2.16. The van der Waals surface area contributed by atoms with E-state index in [2.05, 4.69) is 23.3 Å². The molecule has 128 valence electrons. The molecule has 2 aromatic carbocycles. The van der Waals surface area contributed by atoms with Crippen LogP contribution in [-0.2, 0) is 11.2 Å². The van der Waals surface area contributed by atoms with E-state index in [1.807, 2.05) is 43.3 Å². The van der Waals surface area contributed by atoms with Crippen LogP contribution in [0.25, 0.3) is 10.9 Å². The number of hydrogen-bond acceptors (Lipinski definition) is 4. The number of benzene rings is 2. The number of ether oxygens (including phenoxy) is 1. The number of nitrogens with zero attached hydrogens (tertiary/aromatic N) is 1. The van der Waals surface area contributed by atoms with Crippen molar-refractivity contribution in [2.24, 2.45) is 0 Å². The molecule has 1 aromatic heterocycles. The summed E-state index contributed by atoms with van der Waals surface area (Å²) in [6.45, 7) is 6.27. The lowest BCUT2D eigenvalue weighted by molar-refractivity contribution is 0.0527. The number of aryl methyl sites for hydroxylation is 2. The number of pyridine rings is 1. The van der Waals surface area contributed by atoms with Crippen molar-refractivity contribution in [2.45, 2.75) is 27.2 Å². The SMILES string of the molecule is CCOC(=O)c1cnc2ccc(C)cc2c1Nc1ccccc1CC. The van der Waals surface area contributed by atoms with E-state index in [0.717, 1.165) is 34.3 Å². The van der Waals surface area contributed by atoms with Gasteiger partial charge in [0.15, 0.2) is 0 Å². The molecule has 0 aliphatic rings. The summed E-state index contributed by atoms with van der Waals surface area (Å²) in [5.74, 6) is -0.366. The predicted molar refractivity (Wildman–Crippen MR) is 102 cm³/mol. The molecule has 1 heterocycles. The zero-order chi connectivity index (χ0) is 17.8. The number of anilines is 2. The molecule has 0 saturated carbocycles. The van der Waals surface area contributed by atoms with E-state index in [4.69, 9.17) is 4.74 Å². The van der Waals surface area contributed by atoms with Crippen LogP contribution in [0.1, 0.15) is 35.3 Å². The van der Waals surface area contributed by atoms with Gasteiger partial charge in [-0.3, -0.25) is 4.98 Å². The van der Waals surface area contributed by atoms with Crippen LogP contribution in [0.4, 0.5) is 11.4 Å². The maximum absolute atomic E-state index is 12.4. The number of aromatic nitrogens is 1. The molecule has 0 spiro atoms. The zero-order valence-electron chi connectivity index (χ0n) is 14.8. The summed E-state index contributed by atoms with van der Waals surface area (Å²) in [7, 11) is 0. The van der Waals surface area contributed by atoms with Crippen LogP contribution in [-0.4, -0.2) is 17.6 Å². The van der Waals surface area contributed by atoms with Gasteiger partial charge in [-0.2, -0.15) is 0 Å². The first kappa shape index (κ1) is 17.0. The van der Waals surface area contributed by atoms with Crippen LogP contribution in [0, 0.1) is 6.92 Å². The fourth-order valence-electron chi connectivity index (χ4n) is 2.89. The van der Waals surface area contributed by atoms with Crippen LogP contribution in [0.5, 0.6) is 0 Å². The van der Waals surface area contributed by atoms with Gasteiger partial charge in [-0.15, -0.1) is 0 Å². The number of rotatable bonds is 5. The summed E-state index contributed by atoms with van der Waals surface area (Å²) in [5.41, 5.74) is 5.33. The van der Waals surface area contributed by atoms with Gasteiger partial charge in [0.05, 0.1) is 17.8 Å². The molecule has 0 aliphatic carbocycles. The quantitative estimate of drug-likeness (QED) is 0.665. The lowest BCUT2D eigenvalue weighted by atomic mass is 10.1. The van der Waals surface area contributed by atoms with Crippen molar-refractivity contribution in [1.82, 2.24) is 4.98 Å². The molecule has 3 rings (SSSR count). The molecule has 3 aromatic rings. The average molecular weight is 334 g/mol. The Bertz CT molecular complexity index is 919. The number of fused-ring (bicyclic) bond motifs is 1. The number of carbonyl (C=O) groups is 1. The van der Waals surface area contributed by atoms with Crippen LogP contribution in [0.3, 0.4) is 0 Å². The normalized spacial score (nSPS) is 10.7. The largest absolute Gasteiger partial charge is 0.462 e. The van der Waals surface area contributed by atoms with E-state index in [-0.39, 0.29) is 5.97 Å². The predicted octanol–water partition coefficient (Wildman–Crippen LogP) is 5.03. The van der Waals surface area contributed by atoms with Gasteiger partial charge in [0.1, 0.15) is 5.56 Å². The molecule has 4 heteroatoms. The highest BCUT2D eigenvalue weighted by Crippen LogP contribution is 2.31. The Morgan fingerprint density at radius 2 is 1.96 bits per heavy atom. The van der Waals surface area contributed by atoms with Crippen molar-refractivity contribution in [1.29, 1.82) is 0 Å². The second-order valence-corrected chi connectivity index (χ2v) is 5.92. The second-order valence-electron chi connectivity index (χ2n) is 5.92. The van der Waals surface area contributed by atoms with E-state index in [1.54, 1.807) is 13.1 Å². The molecule has 0 atom stereocenters. The van der Waals surface area contributed by atoms with Gasteiger partial charge in [0, 0.05) is 17.3 Å². The Hall–Kier alpha value is -2.88. The van der Waals surface area contributed by atoms with Crippen LogP contribution in [0.15, 0.2) is 48.7 Å². The molecule has 0 aliphatic heterocycles. The van der Waals surface area contributed by atoms with Gasteiger partial charge in [0.25, 0.3) is 0 Å². The molecule has 0 unspecified atom stereocenters.